The molecule has 4 aromatic rings. The zero-order chi connectivity index (χ0) is 30.2. The maximum atomic E-state index is 13.2. The zero-order valence-electron chi connectivity index (χ0n) is 23.7. The van der Waals surface area contributed by atoms with E-state index < -0.39 is 11.5 Å². The summed E-state index contributed by atoms with van der Waals surface area (Å²) in [6, 6.07) is 32.1. The van der Waals surface area contributed by atoms with Crippen molar-refractivity contribution in [1.82, 2.24) is 10.2 Å². The molecule has 0 radical (unpaired) electrons. The van der Waals surface area contributed by atoms with Crippen LogP contribution in [0.3, 0.4) is 0 Å². The summed E-state index contributed by atoms with van der Waals surface area (Å²) in [7, 11) is 0. The summed E-state index contributed by atoms with van der Waals surface area (Å²) in [4.78, 5) is 39.8. The second-order valence-electron chi connectivity index (χ2n) is 10.9. The first kappa shape index (κ1) is 29.9. The van der Waals surface area contributed by atoms with Gasteiger partial charge in [0.2, 0.25) is 5.91 Å². The van der Waals surface area contributed by atoms with Crippen molar-refractivity contribution in [3.8, 4) is 16.9 Å². The van der Waals surface area contributed by atoms with Crippen LogP contribution in [-0.4, -0.2) is 46.4 Å². The number of rotatable bonds is 10. The molecule has 0 bridgehead atoms. The third-order valence-electron chi connectivity index (χ3n) is 7.73. The molecule has 0 spiro atoms. The van der Waals surface area contributed by atoms with Gasteiger partial charge in [0, 0.05) is 23.7 Å². The van der Waals surface area contributed by atoms with Crippen LogP contribution in [0.15, 0.2) is 103 Å². The summed E-state index contributed by atoms with van der Waals surface area (Å²) < 4.78 is 5.82. The quantitative estimate of drug-likeness (QED) is 0.221. The molecule has 1 saturated heterocycles. The number of hydrogen-bond acceptors (Lipinski definition) is 4. The summed E-state index contributed by atoms with van der Waals surface area (Å²) >= 11 is 6.11. The molecular formula is C35H33ClN2O5. The van der Waals surface area contributed by atoms with Crippen molar-refractivity contribution < 1.29 is 24.2 Å². The number of carbonyl (C=O) groups excluding carboxylic acids is 2. The first-order valence-electron chi connectivity index (χ1n) is 14.2. The average molecular weight is 597 g/mol. The third kappa shape index (κ3) is 8.02. The number of amides is 2. The summed E-state index contributed by atoms with van der Waals surface area (Å²) in [5.74, 6) is -0.666. The number of carboxylic acid groups (broad SMARTS) is 1. The maximum Gasteiger partial charge on any atom is 0.305 e. The van der Waals surface area contributed by atoms with Crippen LogP contribution in [-0.2, 0) is 22.6 Å². The van der Waals surface area contributed by atoms with E-state index in [1.807, 2.05) is 91.0 Å². The van der Waals surface area contributed by atoms with Gasteiger partial charge in [-0.2, -0.15) is 0 Å². The fourth-order valence-electron chi connectivity index (χ4n) is 5.40. The Balaban J connectivity index is 1.16. The lowest BCUT2D eigenvalue weighted by atomic mass is 9.83. The van der Waals surface area contributed by atoms with Crippen LogP contribution in [0.5, 0.6) is 5.75 Å². The molecule has 7 nitrogen and oxygen atoms in total. The number of ether oxygens (including phenoxy) is 1. The highest BCUT2D eigenvalue weighted by Gasteiger charge is 2.39. The monoisotopic (exact) mass is 596 g/mol. The number of likely N-dealkylation sites (tertiary alicyclic amines) is 1. The van der Waals surface area contributed by atoms with Crippen molar-refractivity contribution in [2.24, 2.45) is 0 Å². The van der Waals surface area contributed by atoms with Crippen LogP contribution in [0.1, 0.15) is 40.7 Å². The van der Waals surface area contributed by atoms with Crippen LogP contribution in [0, 0.1) is 0 Å². The second kappa shape index (κ2) is 13.6. The Morgan fingerprint density at radius 2 is 1.51 bits per heavy atom. The van der Waals surface area contributed by atoms with Gasteiger partial charge in [0.15, 0.2) is 0 Å². The van der Waals surface area contributed by atoms with E-state index in [4.69, 9.17) is 16.3 Å². The van der Waals surface area contributed by atoms with Crippen molar-refractivity contribution in [3.05, 3.63) is 125 Å². The Morgan fingerprint density at radius 1 is 0.814 bits per heavy atom. The van der Waals surface area contributed by atoms with Crippen molar-refractivity contribution in [1.29, 1.82) is 0 Å². The van der Waals surface area contributed by atoms with Crippen LogP contribution in [0.4, 0.5) is 0 Å². The van der Waals surface area contributed by atoms with E-state index in [9.17, 15) is 19.5 Å². The average Bonchev–Trinajstić information content (AvgIpc) is 3.01. The number of nitrogens with one attached hydrogen (secondary N) is 1. The lowest BCUT2D eigenvalue weighted by Gasteiger charge is -2.41. The number of carbonyl (C=O) groups is 3. The molecule has 0 unspecified atom stereocenters. The van der Waals surface area contributed by atoms with Gasteiger partial charge in [-0.3, -0.25) is 14.4 Å². The summed E-state index contributed by atoms with van der Waals surface area (Å²) in [5, 5.41) is 13.3. The smallest absolute Gasteiger partial charge is 0.305 e. The van der Waals surface area contributed by atoms with E-state index in [0.29, 0.717) is 48.9 Å². The van der Waals surface area contributed by atoms with E-state index >= 15 is 0 Å². The predicted octanol–water partition coefficient (Wildman–Crippen LogP) is 6.39. The number of benzene rings is 4. The number of carboxylic acids is 1. The number of nitrogens with zero attached hydrogens (tertiary/aromatic N) is 1. The fraction of sp³-hybridized carbons (Fsp3) is 0.229. The summed E-state index contributed by atoms with van der Waals surface area (Å²) in [6.45, 7) is 1.14. The second-order valence-corrected chi connectivity index (χ2v) is 11.3. The van der Waals surface area contributed by atoms with Gasteiger partial charge in [-0.05, 0) is 71.5 Å². The fourth-order valence-corrected chi connectivity index (χ4v) is 5.59. The minimum atomic E-state index is -0.989. The number of halogens is 1. The Bertz CT molecular complexity index is 1560. The molecule has 1 aliphatic heterocycles. The van der Waals surface area contributed by atoms with Crippen LogP contribution in [0.2, 0.25) is 5.02 Å². The van der Waals surface area contributed by atoms with Crippen LogP contribution in [0.25, 0.3) is 11.1 Å². The number of hydrogen-bond donors (Lipinski definition) is 2. The molecule has 4 aromatic carbocycles. The van der Waals surface area contributed by atoms with Gasteiger partial charge in [-0.15, -0.1) is 0 Å². The number of piperidine rings is 1. The molecule has 0 aliphatic carbocycles. The Morgan fingerprint density at radius 3 is 2.16 bits per heavy atom. The molecule has 0 aromatic heterocycles. The van der Waals surface area contributed by atoms with Gasteiger partial charge in [0.1, 0.15) is 12.4 Å². The molecule has 1 aliphatic rings. The zero-order valence-corrected chi connectivity index (χ0v) is 24.4. The largest absolute Gasteiger partial charge is 0.489 e. The van der Waals surface area contributed by atoms with Crippen molar-refractivity contribution >= 4 is 29.4 Å². The standard InChI is InChI=1S/C35H33ClN2O5/c36-30-8-4-7-29(22-30)27-11-13-28(14-12-27)34(42)38-19-17-35(18-20-38,23-33(40)41)37-32(39)21-25-9-15-31(16-10-25)43-24-26-5-2-1-3-6-26/h1-16,22H,17-21,23-24H2,(H,37,39)(H,40,41). The van der Waals surface area contributed by atoms with Crippen LogP contribution >= 0.6 is 11.6 Å². The molecule has 220 valence electrons. The topological polar surface area (TPSA) is 95.9 Å². The SMILES string of the molecule is O=C(O)CC1(NC(=O)Cc2ccc(OCc3ccccc3)cc2)CCN(C(=O)c2ccc(-c3cccc(Cl)c3)cc2)CC1. The molecule has 1 fully saturated rings. The van der Waals surface area contributed by atoms with E-state index in [2.05, 4.69) is 5.32 Å². The summed E-state index contributed by atoms with van der Waals surface area (Å²) in [6.07, 6.45) is 0.608. The van der Waals surface area contributed by atoms with Gasteiger partial charge < -0.3 is 20.1 Å². The Labute approximate surface area is 256 Å². The van der Waals surface area contributed by atoms with Crippen LogP contribution < -0.4 is 10.1 Å². The van der Waals surface area contributed by atoms with Crippen molar-refractivity contribution in [2.45, 2.75) is 37.8 Å². The first-order chi connectivity index (χ1) is 20.8. The molecule has 2 amide bonds. The van der Waals surface area contributed by atoms with Crippen molar-refractivity contribution in [2.75, 3.05) is 13.1 Å². The van der Waals surface area contributed by atoms with E-state index in [-0.39, 0.29) is 24.7 Å². The molecular weight excluding hydrogens is 564 g/mol. The lowest BCUT2D eigenvalue weighted by Crippen LogP contribution is -2.57. The first-order valence-corrected chi connectivity index (χ1v) is 14.6. The van der Waals surface area contributed by atoms with Gasteiger partial charge >= 0.3 is 5.97 Å². The highest BCUT2D eigenvalue weighted by Crippen LogP contribution is 2.28. The van der Waals surface area contributed by atoms with Gasteiger partial charge in [-0.1, -0.05) is 78.3 Å². The van der Waals surface area contributed by atoms with E-state index in [1.165, 1.54) is 0 Å². The predicted molar refractivity (Wildman–Crippen MR) is 166 cm³/mol. The maximum absolute atomic E-state index is 13.2. The molecule has 43 heavy (non-hydrogen) atoms. The summed E-state index contributed by atoms with van der Waals surface area (Å²) in [5.41, 5.74) is 3.41. The van der Waals surface area contributed by atoms with Gasteiger partial charge in [0.05, 0.1) is 18.4 Å². The normalized spacial score (nSPS) is 14.1. The third-order valence-corrected chi connectivity index (χ3v) is 7.96. The highest BCUT2D eigenvalue weighted by molar-refractivity contribution is 6.30. The molecule has 8 heteroatoms. The molecule has 0 atom stereocenters. The lowest BCUT2D eigenvalue weighted by molar-refractivity contribution is -0.139. The molecule has 0 saturated carbocycles. The van der Waals surface area contributed by atoms with E-state index in [1.54, 1.807) is 17.0 Å². The minimum Gasteiger partial charge on any atom is -0.489 e. The molecule has 2 N–H and O–H groups in total. The van der Waals surface area contributed by atoms with Crippen molar-refractivity contribution in [3.63, 3.8) is 0 Å². The Hall–Kier alpha value is -4.62. The molecule has 1 heterocycles. The molecule has 5 rings (SSSR count). The number of aliphatic carboxylic acids is 1. The minimum absolute atomic E-state index is 0.113. The van der Waals surface area contributed by atoms with Gasteiger partial charge in [-0.25, -0.2) is 0 Å². The highest BCUT2D eigenvalue weighted by atomic mass is 35.5. The Kier molecular flexibility index (Phi) is 9.42. The van der Waals surface area contributed by atoms with E-state index in [0.717, 1.165) is 22.3 Å². The van der Waals surface area contributed by atoms with Gasteiger partial charge in [0.25, 0.3) is 5.91 Å².